The van der Waals surface area contributed by atoms with E-state index in [1.807, 2.05) is 19.1 Å². The van der Waals surface area contributed by atoms with E-state index >= 15 is 0 Å². The van der Waals surface area contributed by atoms with E-state index in [0.717, 1.165) is 5.56 Å². The third-order valence-electron chi connectivity index (χ3n) is 2.45. The van der Waals surface area contributed by atoms with Gasteiger partial charge in [0.15, 0.2) is 0 Å². The highest BCUT2D eigenvalue weighted by molar-refractivity contribution is 9.08. The van der Waals surface area contributed by atoms with Gasteiger partial charge in [-0.15, -0.1) is 0 Å². The van der Waals surface area contributed by atoms with Crippen molar-refractivity contribution in [2.75, 3.05) is 6.61 Å². The molecule has 1 N–H and O–H groups in total. The van der Waals surface area contributed by atoms with Crippen LogP contribution in [0.25, 0.3) is 11.0 Å². The van der Waals surface area contributed by atoms with E-state index in [4.69, 9.17) is 4.74 Å². The van der Waals surface area contributed by atoms with Crippen LogP contribution in [-0.4, -0.2) is 16.6 Å². The predicted molar refractivity (Wildman–Crippen MR) is 70.9 cm³/mol. The minimum absolute atomic E-state index is 0.160. The highest BCUT2D eigenvalue weighted by Gasteiger charge is 2.08. The van der Waals surface area contributed by atoms with E-state index < -0.39 is 0 Å². The summed E-state index contributed by atoms with van der Waals surface area (Å²) in [4.78, 5) is 18.6. The number of rotatable bonds is 3. The highest BCUT2D eigenvalue weighted by atomic mass is 79.9. The molecule has 0 aliphatic heterocycles. The fourth-order valence-electron chi connectivity index (χ4n) is 1.65. The van der Waals surface area contributed by atoms with Gasteiger partial charge in [0.05, 0.1) is 12.1 Å². The lowest BCUT2D eigenvalue weighted by molar-refractivity contribution is 0.343. The predicted octanol–water partition coefficient (Wildman–Crippen LogP) is 2.53. The van der Waals surface area contributed by atoms with Crippen molar-refractivity contribution in [2.24, 2.45) is 0 Å². The van der Waals surface area contributed by atoms with E-state index in [0.29, 0.717) is 34.4 Å². The first kappa shape index (κ1) is 12.1. The van der Waals surface area contributed by atoms with Crippen LogP contribution in [0.5, 0.6) is 5.75 Å². The van der Waals surface area contributed by atoms with Gasteiger partial charge in [0.25, 0.3) is 5.56 Å². The van der Waals surface area contributed by atoms with Crippen molar-refractivity contribution in [3.8, 4) is 5.75 Å². The first-order chi connectivity index (χ1) is 8.15. The topological polar surface area (TPSA) is 55.0 Å². The van der Waals surface area contributed by atoms with Crippen LogP contribution in [0.3, 0.4) is 0 Å². The Kier molecular flexibility index (Phi) is 3.47. The van der Waals surface area contributed by atoms with Crippen molar-refractivity contribution in [3.05, 3.63) is 33.7 Å². The molecule has 2 aromatic rings. The van der Waals surface area contributed by atoms with Crippen molar-refractivity contribution >= 4 is 27.0 Å². The summed E-state index contributed by atoms with van der Waals surface area (Å²) in [6, 6.07) is 3.84. The maximum atomic E-state index is 11.5. The summed E-state index contributed by atoms with van der Waals surface area (Å²) in [5, 5.41) is 0.707. The Labute approximate surface area is 107 Å². The van der Waals surface area contributed by atoms with Crippen molar-refractivity contribution in [1.29, 1.82) is 0 Å². The summed E-state index contributed by atoms with van der Waals surface area (Å²) < 4.78 is 5.55. The second kappa shape index (κ2) is 4.87. The molecule has 0 atom stereocenters. The largest absolute Gasteiger partial charge is 0.492 e. The fourth-order valence-corrected chi connectivity index (χ4v) is 1.97. The second-order valence-electron chi connectivity index (χ2n) is 3.71. The van der Waals surface area contributed by atoms with E-state index in [2.05, 4.69) is 25.9 Å². The maximum Gasteiger partial charge on any atom is 0.269 e. The van der Waals surface area contributed by atoms with Gasteiger partial charge >= 0.3 is 0 Å². The van der Waals surface area contributed by atoms with Crippen LogP contribution in [0.15, 0.2) is 16.9 Å². The van der Waals surface area contributed by atoms with E-state index in [-0.39, 0.29) is 5.56 Å². The lowest BCUT2D eigenvalue weighted by atomic mass is 10.2. The quantitative estimate of drug-likeness (QED) is 0.886. The van der Waals surface area contributed by atoms with E-state index in [1.165, 1.54) is 0 Å². The molecule has 0 fully saturated rings. The van der Waals surface area contributed by atoms with Crippen LogP contribution in [-0.2, 0) is 5.33 Å². The summed E-state index contributed by atoms with van der Waals surface area (Å²) in [6.07, 6.45) is 0. The molecule has 0 amide bonds. The summed E-state index contributed by atoms with van der Waals surface area (Å²) in [5.41, 5.74) is 2.74. The number of ether oxygens (including phenoxy) is 1. The fraction of sp³-hybridized carbons (Fsp3) is 0.333. The number of H-pyrrole nitrogens is 1. The highest BCUT2D eigenvalue weighted by Crippen LogP contribution is 2.25. The Bertz CT molecular complexity index is 607. The summed E-state index contributed by atoms with van der Waals surface area (Å²) >= 11 is 3.39. The third-order valence-corrected chi connectivity index (χ3v) is 3.09. The third kappa shape index (κ3) is 2.34. The zero-order valence-electron chi connectivity index (χ0n) is 9.71. The van der Waals surface area contributed by atoms with Crippen LogP contribution in [0.1, 0.15) is 18.2 Å². The monoisotopic (exact) mass is 296 g/mol. The first-order valence-electron chi connectivity index (χ1n) is 5.38. The standard InChI is InChI=1S/C12H13BrN2O2/c1-3-17-10-5-8(6-13)4-9-11(10)14-7(2)12(16)15-9/h4-5H,3,6H2,1-2H3,(H,15,16). The van der Waals surface area contributed by atoms with E-state index in [9.17, 15) is 4.79 Å². The Morgan fingerprint density at radius 2 is 2.24 bits per heavy atom. The summed E-state index contributed by atoms with van der Waals surface area (Å²) in [7, 11) is 0. The molecule has 0 aliphatic rings. The number of aromatic amines is 1. The molecule has 0 saturated heterocycles. The summed E-state index contributed by atoms with van der Waals surface area (Å²) in [5.74, 6) is 0.707. The molecule has 0 radical (unpaired) electrons. The van der Waals surface area contributed by atoms with Crippen LogP contribution in [0.4, 0.5) is 0 Å². The minimum Gasteiger partial charge on any atom is -0.492 e. The molecule has 1 heterocycles. The Morgan fingerprint density at radius 3 is 2.88 bits per heavy atom. The first-order valence-corrected chi connectivity index (χ1v) is 6.50. The Hall–Kier alpha value is -1.36. The molecule has 90 valence electrons. The lowest BCUT2D eigenvalue weighted by Gasteiger charge is -2.09. The molecule has 1 aromatic heterocycles. The van der Waals surface area contributed by atoms with Crippen molar-refractivity contribution < 1.29 is 4.74 Å². The number of halogens is 1. The smallest absolute Gasteiger partial charge is 0.269 e. The second-order valence-corrected chi connectivity index (χ2v) is 4.27. The maximum absolute atomic E-state index is 11.5. The van der Waals surface area contributed by atoms with Gasteiger partial charge in [-0.25, -0.2) is 4.98 Å². The molecule has 4 nitrogen and oxygen atoms in total. The average molecular weight is 297 g/mol. The van der Waals surface area contributed by atoms with Gasteiger partial charge in [-0.3, -0.25) is 4.79 Å². The number of hydrogen-bond donors (Lipinski definition) is 1. The van der Waals surface area contributed by atoms with Crippen LogP contribution in [0, 0.1) is 6.92 Å². The van der Waals surface area contributed by atoms with Crippen molar-refractivity contribution in [2.45, 2.75) is 19.2 Å². The zero-order valence-corrected chi connectivity index (χ0v) is 11.3. The number of fused-ring (bicyclic) bond motifs is 1. The molecule has 17 heavy (non-hydrogen) atoms. The number of nitrogens with zero attached hydrogens (tertiary/aromatic N) is 1. The van der Waals surface area contributed by atoms with Gasteiger partial charge in [-0.05, 0) is 31.5 Å². The number of hydrogen-bond acceptors (Lipinski definition) is 3. The van der Waals surface area contributed by atoms with E-state index in [1.54, 1.807) is 6.92 Å². The average Bonchev–Trinajstić information content (AvgIpc) is 2.31. The molecule has 0 aliphatic carbocycles. The molecule has 0 saturated carbocycles. The number of benzene rings is 1. The molecular formula is C12H13BrN2O2. The van der Waals surface area contributed by atoms with Gasteiger partial charge in [0.1, 0.15) is 17.0 Å². The number of aryl methyl sites for hydroxylation is 1. The number of nitrogens with one attached hydrogen (secondary N) is 1. The van der Waals surface area contributed by atoms with Crippen molar-refractivity contribution in [3.63, 3.8) is 0 Å². The molecular weight excluding hydrogens is 284 g/mol. The Balaban J connectivity index is 2.76. The lowest BCUT2D eigenvalue weighted by Crippen LogP contribution is -2.12. The molecule has 2 rings (SSSR count). The van der Waals surface area contributed by atoms with Crippen LogP contribution in [0.2, 0.25) is 0 Å². The Morgan fingerprint density at radius 1 is 1.47 bits per heavy atom. The molecule has 0 unspecified atom stereocenters. The van der Waals surface area contributed by atoms with Gasteiger partial charge < -0.3 is 9.72 Å². The van der Waals surface area contributed by atoms with Gasteiger partial charge in [-0.1, -0.05) is 15.9 Å². The molecule has 0 spiro atoms. The molecule has 1 aromatic carbocycles. The zero-order chi connectivity index (χ0) is 12.4. The van der Waals surface area contributed by atoms with Crippen LogP contribution < -0.4 is 10.3 Å². The summed E-state index contributed by atoms with van der Waals surface area (Å²) in [6.45, 7) is 4.18. The molecule has 5 heteroatoms. The molecule has 0 bridgehead atoms. The minimum atomic E-state index is -0.160. The van der Waals surface area contributed by atoms with Crippen LogP contribution >= 0.6 is 15.9 Å². The number of aromatic nitrogens is 2. The SMILES string of the molecule is CCOc1cc(CBr)cc2[nH]c(=O)c(C)nc12. The van der Waals surface area contributed by atoms with Gasteiger partial charge in [-0.2, -0.15) is 0 Å². The van der Waals surface area contributed by atoms with Gasteiger partial charge in [0.2, 0.25) is 0 Å². The normalized spacial score (nSPS) is 10.8. The number of alkyl halides is 1. The van der Waals surface area contributed by atoms with Crippen molar-refractivity contribution in [1.82, 2.24) is 9.97 Å². The van der Waals surface area contributed by atoms with Gasteiger partial charge in [0, 0.05) is 5.33 Å².